The smallest absolute Gasteiger partial charge is 0.416 e. The number of alkyl halides is 6. The fourth-order valence-corrected chi connectivity index (χ4v) is 1.96. The SMILES string of the molecule is O=C(Nc1cc(C(F)(F)F)cc(C(F)(F)F)c1)c1ccc(Br)o1. The Hall–Kier alpha value is -1.97. The van der Waals surface area contributed by atoms with Gasteiger partial charge in [0.15, 0.2) is 10.4 Å². The summed E-state index contributed by atoms with van der Waals surface area (Å²) in [5, 5.41) is 1.94. The second-order valence-corrected chi connectivity index (χ2v) is 5.13. The van der Waals surface area contributed by atoms with Gasteiger partial charge < -0.3 is 9.73 Å². The number of halogens is 7. The Kier molecular flexibility index (Phi) is 4.47. The summed E-state index contributed by atoms with van der Waals surface area (Å²) in [7, 11) is 0. The monoisotopic (exact) mass is 401 g/mol. The maximum absolute atomic E-state index is 12.7. The molecule has 0 aliphatic carbocycles. The average Bonchev–Trinajstić information content (AvgIpc) is 2.83. The highest BCUT2D eigenvalue weighted by Crippen LogP contribution is 2.37. The van der Waals surface area contributed by atoms with Crippen molar-refractivity contribution >= 4 is 27.5 Å². The molecule has 1 amide bonds. The number of rotatable bonds is 2. The fourth-order valence-electron chi connectivity index (χ4n) is 1.66. The van der Waals surface area contributed by atoms with Gasteiger partial charge in [-0.25, -0.2) is 0 Å². The van der Waals surface area contributed by atoms with Crippen LogP contribution in [0.3, 0.4) is 0 Å². The van der Waals surface area contributed by atoms with Gasteiger partial charge in [-0.3, -0.25) is 4.79 Å². The van der Waals surface area contributed by atoms with Gasteiger partial charge in [0.2, 0.25) is 0 Å². The summed E-state index contributed by atoms with van der Waals surface area (Å²) in [5.41, 5.74) is -3.70. The molecule has 0 atom stereocenters. The maximum atomic E-state index is 12.7. The fraction of sp³-hybridized carbons (Fsp3) is 0.154. The molecule has 0 radical (unpaired) electrons. The number of benzene rings is 1. The third-order valence-corrected chi connectivity index (χ3v) is 3.07. The second kappa shape index (κ2) is 5.91. The molecule has 0 unspecified atom stereocenters. The molecule has 1 N–H and O–H groups in total. The average molecular weight is 402 g/mol. The van der Waals surface area contributed by atoms with E-state index >= 15 is 0 Å². The van der Waals surface area contributed by atoms with E-state index < -0.39 is 35.1 Å². The molecule has 3 nitrogen and oxygen atoms in total. The van der Waals surface area contributed by atoms with Crippen LogP contribution in [0.25, 0.3) is 0 Å². The van der Waals surface area contributed by atoms with Crippen molar-refractivity contribution in [2.45, 2.75) is 12.4 Å². The molecule has 0 aliphatic heterocycles. The van der Waals surface area contributed by atoms with Crippen LogP contribution in [0.2, 0.25) is 0 Å². The Morgan fingerprint density at radius 3 is 1.87 bits per heavy atom. The van der Waals surface area contributed by atoms with Gasteiger partial charge in [0.1, 0.15) is 0 Å². The lowest BCUT2D eigenvalue weighted by atomic mass is 10.1. The maximum Gasteiger partial charge on any atom is 0.416 e. The minimum atomic E-state index is -4.99. The summed E-state index contributed by atoms with van der Waals surface area (Å²) in [5.74, 6) is -1.26. The number of hydrogen-bond acceptors (Lipinski definition) is 2. The highest BCUT2D eigenvalue weighted by atomic mass is 79.9. The first-order valence-corrected chi connectivity index (χ1v) is 6.62. The molecular weight excluding hydrogens is 396 g/mol. The Bertz CT molecular complexity index is 703. The Balaban J connectivity index is 2.39. The zero-order valence-corrected chi connectivity index (χ0v) is 12.4. The van der Waals surface area contributed by atoms with E-state index in [2.05, 4.69) is 15.9 Å². The molecule has 2 rings (SSSR count). The summed E-state index contributed by atoms with van der Waals surface area (Å²) in [6.45, 7) is 0. The molecule has 10 heteroatoms. The zero-order valence-electron chi connectivity index (χ0n) is 10.8. The first-order valence-electron chi connectivity index (χ1n) is 5.83. The van der Waals surface area contributed by atoms with Gasteiger partial charge in [-0.2, -0.15) is 26.3 Å². The first kappa shape index (κ1) is 17.4. The standard InChI is InChI=1S/C13H6BrF6NO2/c14-10-2-1-9(23-10)11(22)21-8-4-6(12(15,16)17)3-7(5-8)13(18,19)20/h1-5H,(H,21,22). The second-order valence-electron chi connectivity index (χ2n) is 4.35. The molecule has 1 aromatic carbocycles. The summed E-state index contributed by atoms with van der Waals surface area (Å²) >= 11 is 2.92. The minimum Gasteiger partial charge on any atom is -0.444 e. The lowest BCUT2D eigenvalue weighted by molar-refractivity contribution is -0.143. The lowest BCUT2D eigenvalue weighted by Gasteiger charge is -2.14. The number of carbonyl (C=O) groups excluding carboxylic acids is 1. The molecule has 2 aromatic rings. The number of nitrogens with one attached hydrogen (secondary N) is 1. The topological polar surface area (TPSA) is 42.2 Å². The van der Waals surface area contributed by atoms with Crippen LogP contribution in [0, 0.1) is 0 Å². The molecule has 0 aliphatic rings. The van der Waals surface area contributed by atoms with Gasteiger partial charge in [-0.1, -0.05) is 0 Å². The largest absolute Gasteiger partial charge is 0.444 e. The van der Waals surface area contributed by atoms with Crippen molar-refractivity contribution in [1.29, 1.82) is 0 Å². The first-order chi connectivity index (χ1) is 10.5. The van der Waals surface area contributed by atoms with Crippen LogP contribution in [0.5, 0.6) is 0 Å². The van der Waals surface area contributed by atoms with Crippen LogP contribution >= 0.6 is 15.9 Å². The summed E-state index contributed by atoms with van der Waals surface area (Å²) in [4.78, 5) is 11.8. The van der Waals surface area contributed by atoms with Gasteiger partial charge in [0.25, 0.3) is 5.91 Å². The van der Waals surface area contributed by atoms with E-state index in [1.807, 2.05) is 5.32 Å². The van der Waals surface area contributed by atoms with E-state index in [9.17, 15) is 31.1 Å². The molecule has 0 saturated carbocycles. The number of anilines is 1. The normalized spacial score (nSPS) is 12.3. The van der Waals surface area contributed by atoms with Crippen molar-refractivity contribution < 1.29 is 35.6 Å². The van der Waals surface area contributed by atoms with Gasteiger partial charge in [-0.05, 0) is 46.3 Å². The van der Waals surface area contributed by atoms with Crippen LogP contribution < -0.4 is 5.32 Å². The quantitative estimate of drug-likeness (QED) is 0.690. The van der Waals surface area contributed by atoms with Crippen molar-refractivity contribution in [3.8, 4) is 0 Å². The zero-order chi connectivity index (χ0) is 17.4. The molecule has 23 heavy (non-hydrogen) atoms. The Labute approximate surface area is 133 Å². The molecule has 0 spiro atoms. The molecule has 0 saturated heterocycles. The van der Waals surface area contributed by atoms with E-state index in [4.69, 9.17) is 4.42 Å². The predicted octanol–water partition coefficient (Wildman–Crippen LogP) is 5.33. The molecule has 1 aromatic heterocycles. The summed E-state index contributed by atoms with van der Waals surface area (Å²) < 4.78 is 81.2. The van der Waals surface area contributed by atoms with E-state index in [1.54, 1.807) is 0 Å². The van der Waals surface area contributed by atoms with E-state index in [0.717, 1.165) is 0 Å². The van der Waals surface area contributed by atoms with Gasteiger partial charge in [0, 0.05) is 5.69 Å². The molecular formula is C13H6BrF6NO2. The Morgan fingerprint density at radius 1 is 0.957 bits per heavy atom. The highest BCUT2D eigenvalue weighted by molar-refractivity contribution is 9.10. The van der Waals surface area contributed by atoms with Crippen LogP contribution in [0.15, 0.2) is 39.4 Å². The third-order valence-electron chi connectivity index (χ3n) is 2.64. The molecule has 1 heterocycles. The van der Waals surface area contributed by atoms with Crippen LogP contribution in [-0.4, -0.2) is 5.91 Å². The Morgan fingerprint density at radius 2 is 1.48 bits per heavy atom. The van der Waals surface area contributed by atoms with E-state index in [0.29, 0.717) is 12.1 Å². The van der Waals surface area contributed by atoms with Crippen LogP contribution in [0.4, 0.5) is 32.0 Å². The van der Waals surface area contributed by atoms with Crippen LogP contribution in [-0.2, 0) is 12.4 Å². The van der Waals surface area contributed by atoms with Crippen molar-refractivity contribution in [2.75, 3.05) is 5.32 Å². The number of hydrogen-bond donors (Lipinski definition) is 1. The number of amides is 1. The van der Waals surface area contributed by atoms with Gasteiger partial charge in [0.05, 0.1) is 11.1 Å². The van der Waals surface area contributed by atoms with Crippen molar-refractivity contribution in [1.82, 2.24) is 0 Å². The lowest BCUT2D eigenvalue weighted by Crippen LogP contribution is -2.15. The van der Waals surface area contributed by atoms with E-state index in [1.165, 1.54) is 12.1 Å². The van der Waals surface area contributed by atoms with Gasteiger partial charge >= 0.3 is 12.4 Å². The van der Waals surface area contributed by atoms with Crippen LogP contribution in [0.1, 0.15) is 21.7 Å². The predicted molar refractivity (Wildman–Crippen MR) is 70.8 cm³/mol. The van der Waals surface area contributed by atoms with Crippen molar-refractivity contribution in [2.24, 2.45) is 0 Å². The van der Waals surface area contributed by atoms with Gasteiger partial charge in [-0.15, -0.1) is 0 Å². The van der Waals surface area contributed by atoms with E-state index in [-0.39, 0.29) is 16.5 Å². The minimum absolute atomic E-state index is 0.0286. The summed E-state index contributed by atoms with van der Waals surface area (Å²) in [6.07, 6.45) is -9.98. The van der Waals surface area contributed by atoms with Crippen molar-refractivity contribution in [3.63, 3.8) is 0 Å². The molecule has 124 valence electrons. The van der Waals surface area contributed by atoms with Crippen molar-refractivity contribution in [3.05, 3.63) is 51.9 Å². The highest BCUT2D eigenvalue weighted by Gasteiger charge is 2.37. The molecule has 0 bridgehead atoms. The summed E-state index contributed by atoms with van der Waals surface area (Å²) in [6, 6.07) is 3.34. The number of furan rings is 1. The third kappa shape index (κ3) is 4.27. The molecule has 0 fully saturated rings. The number of carbonyl (C=O) groups is 1.